The van der Waals surface area contributed by atoms with Crippen LogP contribution in [-0.2, 0) is 10.3 Å². The van der Waals surface area contributed by atoms with E-state index in [0.29, 0.717) is 12.8 Å². The van der Waals surface area contributed by atoms with Gasteiger partial charge in [0.25, 0.3) is 0 Å². The molecule has 5 nitrogen and oxygen atoms in total. The molecular weight excluding hydrogens is 222 g/mol. The molecule has 0 unspecified atom stereocenters. The van der Waals surface area contributed by atoms with Crippen molar-refractivity contribution in [3.63, 3.8) is 0 Å². The molecule has 1 aromatic rings. The van der Waals surface area contributed by atoms with E-state index in [-0.39, 0.29) is 11.3 Å². The summed E-state index contributed by atoms with van der Waals surface area (Å²) in [6.45, 7) is 0. The van der Waals surface area contributed by atoms with Crippen LogP contribution in [0, 0.1) is 0 Å². The first kappa shape index (κ1) is 11.9. The molecule has 1 aliphatic carbocycles. The van der Waals surface area contributed by atoms with Gasteiger partial charge >= 0.3 is 5.97 Å². The molecule has 1 aliphatic rings. The van der Waals surface area contributed by atoms with Crippen LogP contribution in [0.5, 0.6) is 5.75 Å². The minimum Gasteiger partial charge on any atom is -0.507 e. The van der Waals surface area contributed by atoms with Crippen molar-refractivity contribution in [3.8, 4) is 5.75 Å². The van der Waals surface area contributed by atoms with E-state index in [4.69, 9.17) is 5.73 Å². The van der Waals surface area contributed by atoms with Gasteiger partial charge in [-0.3, -0.25) is 0 Å². The molecule has 4 N–H and O–H groups in total. The number of methoxy groups -OCH3 is 1. The number of benzene rings is 1. The number of hydrogen-bond donors (Lipinski definition) is 3. The van der Waals surface area contributed by atoms with Crippen molar-refractivity contribution in [3.05, 3.63) is 29.3 Å². The van der Waals surface area contributed by atoms with Crippen LogP contribution in [-0.4, -0.2) is 29.4 Å². The van der Waals surface area contributed by atoms with E-state index in [9.17, 15) is 15.0 Å². The highest BCUT2D eigenvalue weighted by atomic mass is 16.5. The number of phenols is 1. The van der Waals surface area contributed by atoms with Crippen LogP contribution >= 0.6 is 0 Å². The van der Waals surface area contributed by atoms with E-state index in [0.717, 1.165) is 5.56 Å². The lowest BCUT2D eigenvalue weighted by Gasteiger charge is -2.42. The largest absolute Gasteiger partial charge is 0.507 e. The zero-order chi connectivity index (χ0) is 12.6. The third kappa shape index (κ3) is 1.99. The summed E-state index contributed by atoms with van der Waals surface area (Å²) >= 11 is 0. The van der Waals surface area contributed by atoms with Crippen LogP contribution in [0.2, 0.25) is 0 Å². The lowest BCUT2D eigenvalue weighted by molar-refractivity contribution is 0.0209. The number of aliphatic hydroxyl groups is 1. The number of aliphatic hydroxyl groups excluding tert-OH is 1. The maximum Gasteiger partial charge on any atom is 0.341 e. The van der Waals surface area contributed by atoms with Gasteiger partial charge in [-0.15, -0.1) is 0 Å². The average molecular weight is 237 g/mol. The highest BCUT2D eigenvalue weighted by Gasteiger charge is 2.41. The minimum absolute atomic E-state index is 0.0937. The number of phenolic OH excluding ortho intramolecular Hbond substituents is 1. The fourth-order valence-corrected chi connectivity index (χ4v) is 2.14. The summed E-state index contributed by atoms with van der Waals surface area (Å²) in [5.74, 6) is -0.739. The molecule has 0 atom stereocenters. The van der Waals surface area contributed by atoms with Crippen LogP contribution in [0.25, 0.3) is 0 Å². The molecule has 2 rings (SSSR count). The standard InChI is InChI=1S/C12H15NO4/c1-17-11(16)9-4-7(2-3-10(9)15)12(13)5-8(14)6-12/h2-4,8,14-15H,5-6,13H2,1H3. The summed E-state index contributed by atoms with van der Waals surface area (Å²) in [7, 11) is 1.25. The highest BCUT2D eigenvalue weighted by molar-refractivity contribution is 5.92. The Kier molecular flexibility index (Phi) is 2.81. The molecule has 0 heterocycles. The fraction of sp³-hybridized carbons (Fsp3) is 0.417. The Morgan fingerprint density at radius 3 is 2.71 bits per heavy atom. The number of nitrogens with two attached hydrogens (primary N) is 1. The van der Waals surface area contributed by atoms with Gasteiger partial charge in [0.1, 0.15) is 11.3 Å². The number of esters is 1. The molecule has 0 bridgehead atoms. The number of carbonyl (C=O) groups excluding carboxylic acids is 1. The summed E-state index contributed by atoms with van der Waals surface area (Å²) in [6.07, 6.45) is 0.520. The van der Waals surface area contributed by atoms with Crippen molar-refractivity contribution in [2.45, 2.75) is 24.5 Å². The molecule has 0 saturated heterocycles. The van der Waals surface area contributed by atoms with Gasteiger partial charge in [-0.2, -0.15) is 0 Å². The van der Waals surface area contributed by atoms with E-state index in [1.165, 1.54) is 19.2 Å². The molecule has 0 aromatic heterocycles. The summed E-state index contributed by atoms with van der Waals surface area (Å²) in [6, 6.07) is 4.60. The number of aromatic hydroxyl groups is 1. The molecule has 1 saturated carbocycles. The molecular formula is C12H15NO4. The van der Waals surface area contributed by atoms with Crippen LogP contribution in [0.4, 0.5) is 0 Å². The minimum atomic E-state index is -0.615. The van der Waals surface area contributed by atoms with Crippen molar-refractivity contribution in [2.75, 3.05) is 7.11 Å². The van der Waals surface area contributed by atoms with Crippen LogP contribution < -0.4 is 5.73 Å². The first-order chi connectivity index (χ1) is 7.96. The summed E-state index contributed by atoms with van der Waals surface area (Å²) in [5, 5.41) is 18.9. The third-order valence-electron chi connectivity index (χ3n) is 3.18. The second-order valence-electron chi connectivity index (χ2n) is 4.44. The smallest absolute Gasteiger partial charge is 0.341 e. The normalized spacial score (nSPS) is 27.4. The second kappa shape index (κ2) is 4.01. The number of rotatable bonds is 2. The van der Waals surface area contributed by atoms with Crippen molar-refractivity contribution in [1.29, 1.82) is 0 Å². The van der Waals surface area contributed by atoms with Crippen molar-refractivity contribution in [2.24, 2.45) is 5.73 Å². The average Bonchev–Trinajstić information content (AvgIpc) is 2.26. The van der Waals surface area contributed by atoms with E-state index in [1.54, 1.807) is 6.07 Å². The Morgan fingerprint density at radius 1 is 1.53 bits per heavy atom. The van der Waals surface area contributed by atoms with Gasteiger partial charge in [0, 0.05) is 5.54 Å². The maximum absolute atomic E-state index is 11.4. The molecule has 5 heteroatoms. The van der Waals surface area contributed by atoms with Crippen molar-refractivity contribution in [1.82, 2.24) is 0 Å². The quantitative estimate of drug-likeness (QED) is 0.651. The van der Waals surface area contributed by atoms with Gasteiger partial charge in [-0.05, 0) is 30.5 Å². The Hall–Kier alpha value is -1.59. The predicted molar refractivity (Wildman–Crippen MR) is 60.6 cm³/mol. The van der Waals surface area contributed by atoms with Crippen LogP contribution in [0.15, 0.2) is 18.2 Å². The fourth-order valence-electron chi connectivity index (χ4n) is 2.14. The van der Waals surface area contributed by atoms with E-state index < -0.39 is 17.6 Å². The van der Waals surface area contributed by atoms with Crippen LogP contribution in [0.3, 0.4) is 0 Å². The molecule has 17 heavy (non-hydrogen) atoms. The zero-order valence-corrected chi connectivity index (χ0v) is 9.51. The first-order valence-corrected chi connectivity index (χ1v) is 5.35. The SMILES string of the molecule is COC(=O)c1cc(C2(N)CC(O)C2)ccc1O. The topological polar surface area (TPSA) is 92.8 Å². The Balaban J connectivity index is 2.35. The monoisotopic (exact) mass is 237 g/mol. The van der Waals surface area contributed by atoms with Gasteiger partial charge in [0.2, 0.25) is 0 Å². The molecule has 0 aliphatic heterocycles. The van der Waals surface area contributed by atoms with Gasteiger partial charge < -0.3 is 20.7 Å². The van der Waals surface area contributed by atoms with Gasteiger partial charge in [-0.1, -0.05) is 6.07 Å². The Bertz CT molecular complexity index is 452. The molecule has 1 fully saturated rings. The van der Waals surface area contributed by atoms with Crippen LogP contribution in [0.1, 0.15) is 28.8 Å². The summed E-state index contributed by atoms with van der Waals surface area (Å²) in [5.41, 5.74) is 6.28. The summed E-state index contributed by atoms with van der Waals surface area (Å²) < 4.78 is 4.57. The number of hydrogen-bond acceptors (Lipinski definition) is 5. The van der Waals surface area contributed by atoms with Crippen molar-refractivity contribution >= 4 is 5.97 Å². The first-order valence-electron chi connectivity index (χ1n) is 5.35. The Labute approximate surface area is 98.8 Å². The Morgan fingerprint density at radius 2 is 2.18 bits per heavy atom. The van der Waals surface area contributed by atoms with E-state index in [1.807, 2.05) is 0 Å². The highest BCUT2D eigenvalue weighted by Crippen LogP contribution is 2.40. The van der Waals surface area contributed by atoms with Gasteiger partial charge in [0.05, 0.1) is 13.2 Å². The summed E-state index contributed by atoms with van der Waals surface area (Å²) in [4.78, 5) is 11.4. The molecule has 0 radical (unpaired) electrons. The molecule has 0 spiro atoms. The lowest BCUT2D eigenvalue weighted by atomic mass is 9.70. The predicted octanol–water partition coefficient (Wildman–Crippen LogP) is 0.487. The van der Waals surface area contributed by atoms with E-state index in [2.05, 4.69) is 4.74 Å². The van der Waals surface area contributed by atoms with Crippen molar-refractivity contribution < 1.29 is 19.7 Å². The number of ether oxygens (including phenoxy) is 1. The molecule has 92 valence electrons. The van der Waals surface area contributed by atoms with Gasteiger partial charge in [-0.25, -0.2) is 4.79 Å². The maximum atomic E-state index is 11.4. The molecule has 1 aromatic carbocycles. The number of carbonyl (C=O) groups is 1. The van der Waals surface area contributed by atoms with E-state index >= 15 is 0 Å². The second-order valence-corrected chi connectivity index (χ2v) is 4.44. The zero-order valence-electron chi connectivity index (χ0n) is 9.51. The molecule has 0 amide bonds. The van der Waals surface area contributed by atoms with Gasteiger partial charge in [0.15, 0.2) is 0 Å². The lowest BCUT2D eigenvalue weighted by Crippen LogP contribution is -2.51. The third-order valence-corrected chi connectivity index (χ3v) is 3.18.